The summed E-state index contributed by atoms with van der Waals surface area (Å²) in [6, 6.07) is 9.89. The van der Waals surface area contributed by atoms with Crippen molar-refractivity contribution in [2.24, 2.45) is 5.73 Å². The number of amides is 1. The Morgan fingerprint density at radius 3 is 2.86 bits per heavy atom. The number of nitrogens with two attached hydrogens (primary N) is 1. The molecule has 0 aliphatic carbocycles. The molecule has 0 saturated carbocycles. The fourth-order valence-corrected chi connectivity index (χ4v) is 2.78. The van der Waals surface area contributed by atoms with Gasteiger partial charge in [-0.25, -0.2) is 0 Å². The number of carbonyl (C=O) groups excluding carboxylic acids is 1. The summed E-state index contributed by atoms with van der Waals surface area (Å²) in [6.07, 6.45) is 1.85. The van der Waals surface area contributed by atoms with Gasteiger partial charge < -0.3 is 26.3 Å². The van der Waals surface area contributed by atoms with E-state index in [1.54, 1.807) is 37.3 Å². The molecule has 3 aromatic rings. The molecule has 10 nitrogen and oxygen atoms in total. The van der Waals surface area contributed by atoms with Gasteiger partial charge in [-0.05, 0) is 24.6 Å². The summed E-state index contributed by atoms with van der Waals surface area (Å²) >= 11 is 0. The largest absolute Gasteiger partial charge is 0.618 e. The number of methoxy groups -OCH3 is 1. The predicted molar refractivity (Wildman–Crippen MR) is 106 cm³/mol. The van der Waals surface area contributed by atoms with Crippen LogP contribution in [0.2, 0.25) is 0 Å². The molecule has 1 aromatic carbocycles. The number of aromatic nitrogens is 3. The molecular weight excluding hydrogens is 374 g/mol. The summed E-state index contributed by atoms with van der Waals surface area (Å²) in [6.45, 7) is 1.79. The number of carbonyl (C=O) groups is 1. The van der Waals surface area contributed by atoms with Crippen LogP contribution in [-0.2, 0) is 4.79 Å². The van der Waals surface area contributed by atoms with Crippen molar-refractivity contribution >= 4 is 34.3 Å². The molecule has 0 bridgehead atoms. The van der Waals surface area contributed by atoms with E-state index in [2.05, 4.69) is 20.6 Å². The normalized spacial score (nSPS) is 11.5. The smallest absolute Gasteiger partial charge is 0.239 e. The highest BCUT2D eigenvalue weighted by atomic mass is 16.5. The molecule has 4 N–H and O–H groups in total. The van der Waals surface area contributed by atoms with Crippen LogP contribution in [0.3, 0.4) is 0 Å². The Morgan fingerprint density at radius 1 is 1.41 bits per heavy atom. The molecule has 10 heteroatoms. The molecule has 0 spiro atoms. The average Bonchev–Trinajstić information content (AvgIpc) is 2.71. The number of benzene rings is 1. The topological polar surface area (TPSA) is 153 Å². The number of anilines is 3. The second-order valence-electron chi connectivity index (χ2n) is 6.13. The lowest BCUT2D eigenvalue weighted by Crippen LogP contribution is -2.35. The quantitative estimate of drug-likeness (QED) is 0.404. The van der Waals surface area contributed by atoms with Gasteiger partial charge in [0.1, 0.15) is 12.1 Å². The Kier molecular flexibility index (Phi) is 5.59. The van der Waals surface area contributed by atoms with Crippen molar-refractivity contribution in [1.82, 2.24) is 9.97 Å². The minimum Gasteiger partial charge on any atom is -0.618 e. The Balaban J connectivity index is 2.02. The molecule has 3 rings (SSSR count). The summed E-state index contributed by atoms with van der Waals surface area (Å²) in [5.41, 5.74) is 6.57. The van der Waals surface area contributed by atoms with Crippen molar-refractivity contribution in [3.63, 3.8) is 0 Å². The van der Waals surface area contributed by atoms with Gasteiger partial charge in [0.05, 0.1) is 7.11 Å². The van der Waals surface area contributed by atoms with E-state index >= 15 is 0 Å². The van der Waals surface area contributed by atoms with Crippen molar-refractivity contribution in [3.05, 3.63) is 47.3 Å². The zero-order valence-corrected chi connectivity index (χ0v) is 15.8. The van der Waals surface area contributed by atoms with Gasteiger partial charge >= 0.3 is 0 Å². The monoisotopic (exact) mass is 393 g/mol. The molecule has 1 unspecified atom stereocenters. The fraction of sp³-hybridized carbons (Fsp3) is 0.211. The first kappa shape index (κ1) is 19.6. The van der Waals surface area contributed by atoms with Crippen LogP contribution in [0.5, 0.6) is 5.88 Å². The van der Waals surface area contributed by atoms with E-state index in [0.717, 1.165) is 4.73 Å². The van der Waals surface area contributed by atoms with Crippen LogP contribution in [-0.4, -0.2) is 29.0 Å². The third kappa shape index (κ3) is 4.08. The van der Waals surface area contributed by atoms with Gasteiger partial charge in [-0.2, -0.15) is 20.0 Å². The van der Waals surface area contributed by atoms with Crippen LogP contribution in [0, 0.1) is 16.5 Å². The Hall–Kier alpha value is -4.13. The summed E-state index contributed by atoms with van der Waals surface area (Å²) in [7, 11) is 1.38. The zero-order chi connectivity index (χ0) is 21.0. The van der Waals surface area contributed by atoms with Crippen LogP contribution >= 0.6 is 0 Å². The second kappa shape index (κ2) is 8.26. The molecular formula is C19H19N7O3. The zero-order valence-electron chi connectivity index (χ0n) is 15.8. The maximum Gasteiger partial charge on any atom is 0.239 e. The lowest BCUT2D eigenvalue weighted by molar-refractivity contribution is -0.577. The molecule has 1 atom stereocenters. The van der Waals surface area contributed by atoms with Crippen LogP contribution in [0.1, 0.15) is 18.9 Å². The molecule has 0 fully saturated rings. The number of nitrogens with one attached hydrogen (secondary N) is 2. The third-order valence-corrected chi connectivity index (χ3v) is 4.26. The highest BCUT2D eigenvalue weighted by molar-refractivity contribution is 5.83. The van der Waals surface area contributed by atoms with E-state index in [9.17, 15) is 15.3 Å². The van der Waals surface area contributed by atoms with Gasteiger partial charge in [-0.15, -0.1) is 0 Å². The Labute approximate surface area is 166 Å². The number of nitriles is 1. The minimum atomic E-state index is -0.673. The Morgan fingerprint density at radius 2 is 2.21 bits per heavy atom. The number of hydrogen-bond acceptors (Lipinski definition) is 8. The van der Waals surface area contributed by atoms with Gasteiger partial charge in [0.25, 0.3) is 0 Å². The van der Waals surface area contributed by atoms with Gasteiger partial charge in [0.2, 0.25) is 23.3 Å². The van der Waals surface area contributed by atoms with Crippen molar-refractivity contribution in [2.75, 3.05) is 17.7 Å². The molecule has 2 heterocycles. The summed E-state index contributed by atoms with van der Waals surface area (Å²) < 4.78 is 5.97. The number of hydrogen-bond donors (Lipinski definition) is 3. The molecule has 0 saturated heterocycles. The van der Waals surface area contributed by atoms with Gasteiger partial charge in [0.15, 0.2) is 17.6 Å². The summed E-state index contributed by atoms with van der Waals surface area (Å²) in [5.74, 6) is -0.224. The SMILES string of the molecule is CCC(Nc1nc(Nc2ccc3c(ccc[n+]3[O-])c2)c(C#N)c(OC)n1)C(N)=O. The highest BCUT2D eigenvalue weighted by Gasteiger charge is 2.19. The standard InChI is InChI=1S/C19H19N7O3/c1-3-14(16(21)27)23-19-24-17(13(10-20)18(25-19)29-2)22-12-6-7-15-11(9-12)5-4-8-26(15)28/h4-9,14H,3H2,1-2H3,(H2,21,27)(H2,22,23,24,25). The molecule has 0 aliphatic rings. The molecule has 2 aromatic heterocycles. The van der Waals surface area contributed by atoms with Gasteiger partial charge in [0, 0.05) is 23.2 Å². The minimum absolute atomic E-state index is 0.0463. The Bertz CT molecular complexity index is 1110. The highest BCUT2D eigenvalue weighted by Crippen LogP contribution is 2.28. The molecule has 1 amide bonds. The number of primary amides is 1. The van der Waals surface area contributed by atoms with Crippen LogP contribution in [0.15, 0.2) is 36.5 Å². The number of rotatable bonds is 7. The van der Waals surface area contributed by atoms with E-state index in [0.29, 0.717) is 23.0 Å². The molecule has 0 aliphatic heterocycles. The first-order chi connectivity index (χ1) is 14.0. The van der Waals surface area contributed by atoms with Crippen molar-refractivity contribution in [1.29, 1.82) is 5.26 Å². The van der Waals surface area contributed by atoms with E-state index in [-0.39, 0.29) is 23.2 Å². The van der Waals surface area contributed by atoms with E-state index < -0.39 is 11.9 Å². The van der Waals surface area contributed by atoms with Crippen molar-refractivity contribution in [3.8, 4) is 11.9 Å². The maximum atomic E-state index is 11.8. The number of pyridine rings is 1. The lowest BCUT2D eigenvalue weighted by atomic mass is 10.2. The summed E-state index contributed by atoms with van der Waals surface area (Å²) in [5, 5.41) is 28.0. The van der Waals surface area contributed by atoms with Crippen LogP contribution in [0.25, 0.3) is 10.9 Å². The van der Waals surface area contributed by atoms with Crippen molar-refractivity contribution < 1.29 is 14.3 Å². The predicted octanol–water partition coefficient (Wildman–Crippen LogP) is 1.56. The second-order valence-corrected chi connectivity index (χ2v) is 6.13. The first-order valence-electron chi connectivity index (χ1n) is 8.77. The number of fused-ring (bicyclic) bond motifs is 1. The molecule has 148 valence electrons. The number of ether oxygens (including phenoxy) is 1. The van der Waals surface area contributed by atoms with Gasteiger partial charge in [-0.3, -0.25) is 4.79 Å². The fourth-order valence-electron chi connectivity index (χ4n) is 2.78. The maximum absolute atomic E-state index is 11.8. The van der Waals surface area contributed by atoms with Gasteiger partial charge in [-0.1, -0.05) is 6.92 Å². The molecule has 29 heavy (non-hydrogen) atoms. The first-order valence-corrected chi connectivity index (χ1v) is 8.77. The van der Waals surface area contributed by atoms with E-state index in [1.807, 2.05) is 6.07 Å². The van der Waals surface area contributed by atoms with Crippen molar-refractivity contribution in [2.45, 2.75) is 19.4 Å². The van der Waals surface area contributed by atoms with Crippen LogP contribution < -0.4 is 25.8 Å². The lowest BCUT2D eigenvalue weighted by Gasteiger charge is -2.16. The van der Waals surface area contributed by atoms with E-state index in [1.165, 1.54) is 13.3 Å². The number of nitrogens with zero attached hydrogens (tertiary/aromatic N) is 4. The molecule has 0 radical (unpaired) electrons. The van der Waals surface area contributed by atoms with Crippen LogP contribution in [0.4, 0.5) is 17.5 Å². The third-order valence-electron chi connectivity index (χ3n) is 4.26. The summed E-state index contributed by atoms with van der Waals surface area (Å²) in [4.78, 5) is 20.0. The average molecular weight is 393 g/mol. The van der Waals surface area contributed by atoms with E-state index in [4.69, 9.17) is 10.5 Å².